The second-order valence-corrected chi connectivity index (χ2v) is 5.30. The highest BCUT2D eigenvalue weighted by atomic mass is 16.6. The Balaban J connectivity index is 1.83. The summed E-state index contributed by atoms with van der Waals surface area (Å²) in [6, 6.07) is 6.09. The average molecular weight is 368 g/mol. The molecular formula is C18H24O8. The van der Waals surface area contributed by atoms with E-state index in [4.69, 9.17) is 28.4 Å². The summed E-state index contributed by atoms with van der Waals surface area (Å²) in [4.78, 5) is 23.8. The van der Waals surface area contributed by atoms with Crippen LogP contribution in [0.3, 0.4) is 0 Å². The van der Waals surface area contributed by atoms with Gasteiger partial charge >= 0.3 is 11.9 Å². The van der Waals surface area contributed by atoms with Crippen LogP contribution in [0.25, 0.3) is 0 Å². The van der Waals surface area contributed by atoms with Gasteiger partial charge in [-0.1, -0.05) is 0 Å². The Bertz CT molecular complexity index is 494. The van der Waals surface area contributed by atoms with Crippen LogP contribution in [0.5, 0.6) is 0 Å². The van der Waals surface area contributed by atoms with E-state index in [0.29, 0.717) is 50.8 Å². The molecule has 0 fully saturated rings. The molecule has 1 aromatic carbocycles. The molecule has 2 aliphatic heterocycles. The van der Waals surface area contributed by atoms with Crippen LogP contribution in [-0.2, 0) is 28.4 Å². The van der Waals surface area contributed by atoms with Crippen LogP contribution in [-0.4, -0.2) is 78.0 Å². The van der Waals surface area contributed by atoms with E-state index in [2.05, 4.69) is 0 Å². The van der Waals surface area contributed by atoms with E-state index < -0.39 is 11.9 Å². The molecule has 3 rings (SSSR count). The summed E-state index contributed by atoms with van der Waals surface area (Å²) in [5.41, 5.74) is 0.714. The van der Waals surface area contributed by atoms with Crippen LogP contribution in [0.4, 0.5) is 0 Å². The second kappa shape index (κ2) is 12.4. The Morgan fingerprint density at radius 3 is 1.04 bits per heavy atom. The third kappa shape index (κ3) is 7.92. The van der Waals surface area contributed by atoms with E-state index >= 15 is 0 Å². The van der Waals surface area contributed by atoms with Crippen LogP contribution >= 0.6 is 0 Å². The maximum Gasteiger partial charge on any atom is 0.338 e. The summed E-state index contributed by atoms with van der Waals surface area (Å²) in [5.74, 6) is -0.949. The van der Waals surface area contributed by atoms with Gasteiger partial charge in [-0.3, -0.25) is 0 Å². The molecule has 0 amide bonds. The summed E-state index contributed by atoms with van der Waals surface area (Å²) >= 11 is 0. The lowest BCUT2D eigenvalue weighted by Gasteiger charge is -2.09. The number of fused-ring (bicyclic) bond motifs is 19. The first-order valence-corrected chi connectivity index (χ1v) is 8.52. The van der Waals surface area contributed by atoms with E-state index in [1.54, 1.807) is 0 Å². The minimum absolute atomic E-state index is 0.145. The molecule has 0 radical (unpaired) electrons. The fourth-order valence-electron chi connectivity index (χ4n) is 2.06. The average Bonchev–Trinajstić information content (AvgIpc) is 2.66. The zero-order valence-electron chi connectivity index (χ0n) is 14.6. The van der Waals surface area contributed by atoms with Crippen LogP contribution < -0.4 is 0 Å². The summed E-state index contributed by atoms with van der Waals surface area (Å²) in [5, 5.41) is 0. The first-order chi connectivity index (χ1) is 12.8. The molecule has 8 nitrogen and oxygen atoms in total. The summed E-state index contributed by atoms with van der Waals surface area (Å²) in [6.45, 7) is 3.51. The van der Waals surface area contributed by atoms with Gasteiger partial charge in [0.25, 0.3) is 0 Å². The molecule has 0 saturated heterocycles. The van der Waals surface area contributed by atoms with Gasteiger partial charge in [-0.15, -0.1) is 0 Å². The van der Waals surface area contributed by atoms with Crippen LogP contribution in [0, 0.1) is 0 Å². The van der Waals surface area contributed by atoms with Crippen molar-refractivity contribution in [3.05, 3.63) is 35.4 Å². The Morgan fingerprint density at radius 1 is 0.462 bits per heavy atom. The van der Waals surface area contributed by atoms with Crippen molar-refractivity contribution in [2.75, 3.05) is 66.1 Å². The Labute approximate surface area is 152 Å². The number of carbonyl (C=O) groups excluding carboxylic acids is 2. The minimum atomic E-state index is -0.475. The molecule has 26 heavy (non-hydrogen) atoms. The van der Waals surface area contributed by atoms with Crippen molar-refractivity contribution >= 4 is 11.9 Å². The maximum atomic E-state index is 11.9. The van der Waals surface area contributed by atoms with Gasteiger partial charge < -0.3 is 28.4 Å². The summed E-state index contributed by atoms with van der Waals surface area (Å²) in [7, 11) is 0. The van der Waals surface area contributed by atoms with Crippen LogP contribution in [0.1, 0.15) is 20.7 Å². The standard InChI is InChI=1S/C18H24O8/c19-17-15-1-2-16(4-3-15)18(20)26-14-12-24-10-8-22-6-5-21-7-9-23-11-13-25-17/h1-4H,5-14H2. The zero-order chi connectivity index (χ0) is 18.5. The molecule has 8 heteroatoms. The van der Waals surface area contributed by atoms with Crippen molar-refractivity contribution in [2.45, 2.75) is 0 Å². The Morgan fingerprint density at radius 2 is 0.731 bits per heavy atom. The van der Waals surface area contributed by atoms with Gasteiger partial charge in [0, 0.05) is 0 Å². The van der Waals surface area contributed by atoms with Gasteiger partial charge in [0.05, 0.1) is 64.0 Å². The lowest BCUT2D eigenvalue weighted by Crippen LogP contribution is -2.16. The van der Waals surface area contributed by atoms with E-state index in [1.165, 1.54) is 24.3 Å². The van der Waals surface area contributed by atoms with Crippen LogP contribution in [0.15, 0.2) is 24.3 Å². The van der Waals surface area contributed by atoms with Gasteiger partial charge in [0.1, 0.15) is 13.2 Å². The number of ether oxygens (including phenoxy) is 6. The number of carbonyl (C=O) groups is 2. The quantitative estimate of drug-likeness (QED) is 0.496. The minimum Gasteiger partial charge on any atom is -0.460 e. The highest BCUT2D eigenvalue weighted by Crippen LogP contribution is 2.07. The second-order valence-electron chi connectivity index (χ2n) is 5.30. The third-order valence-corrected chi connectivity index (χ3v) is 3.39. The van der Waals surface area contributed by atoms with Gasteiger partial charge in [-0.2, -0.15) is 0 Å². The molecular weight excluding hydrogens is 344 g/mol. The van der Waals surface area contributed by atoms with E-state index in [0.717, 1.165) is 0 Å². The summed E-state index contributed by atoms with van der Waals surface area (Å²) in [6.07, 6.45) is 0. The number of benzene rings is 1. The van der Waals surface area contributed by atoms with Gasteiger partial charge in [0.2, 0.25) is 0 Å². The molecule has 0 unspecified atom stereocenters. The van der Waals surface area contributed by atoms with E-state index in [-0.39, 0.29) is 26.4 Å². The molecule has 0 N–H and O–H groups in total. The van der Waals surface area contributed by atoms with Crippen LogP contribution in [0.2, 0.25) is 0 Å². The smallest absolute Gasteiger partial charge is 0.338 e. The predicted octanol–water partition coefficient (Wildman–Crippen LogP) is 1.08. The van der Waals surface area contributed by atoms with Gasteiger partial charge in [-0.25, -0.2) is 9.59 Å². The van der Waals surface area contributed by atoms with Gasteiger partial charge in [0.15, 0.2) is 0 Å². The molecule has 0 saturated carbocycles. The Hall–Kier alpha value is -2.00. The largest absolute Gasteiger partial charge is 0.460 e. The first-order valence-electron chi connectivity index (χ1n) is 8.52. The summed E-state index contributed by atoms with van der Waals surface area (Å²) < 4.78 is 31.5. The third-order valence-electron chi connectivity index (χ3n) is 3.39. The van der Waals surface area contributed by atoms with Crippen molar-refractivity contribution in [2.24, 2.45) is 0 Å². The van der Waals surface area contributed by atoms with Crippen molar-refractivity contribution < 1.29 is 38.0 Å². The molecule has 1 aromatic rings. The number of hydrogen-bond donors (Lipinski definition) is 0. The molecule has 144 valence electrons. The first kappa shape index (κ1) is 20.3. The highest BCUT2D eigenvalue weighted by Gasteiger charge is 2.11. The number of esters is 2. The van der Waals surface area contributed by atoms with Crippen molar-refractivity contribution in [3.63, 3.8) is 0 Å². The van der Waals surface area contributed by atoms with E-state index in [1.807, 2.05) is 0 Å². The molecule has 2 heterocycles. The molecule has 0 atom stereocenters. The maximum absolute atomic E-state index is 11.9. The normalized spacial score (nSPS) is 19.7. The molecule has 2 bridgehead atoms. The molecule has 2 aliphatic rings. The fraction of sp³-hybridized carbons (Fsp3) is 0.556. The van der Waals surface area contributed by atoms with Crippen molar-refractivity contribution in [3.8, 4) is 0 Å². The lowest BCUT2D eigenvalue weighted by atomic mass is 10.1. The highest BCUT2D eigenvalue weighted by molar-refractivity contribution is 5.93. The van der Waals surface area contributed by atoms with Gasteiger partial charge in [-0.05, 0) is 24.3 Å². The predicted molar refractivity (Wildman–Crippen MR) is 90.3 cm³/mol. The van der Waals surface area contributed by atoms with E-state index in [9.17, 15) is 9.59 Å². The molecule has 0 aliphatic carbocycles. The molecule has 0 spiro atoms. The number of hydrogen-bond acceptors (Lipinski definition) is 8. The lowest BCUT2D eigenvalue weighted by molar-refractivity contribution is -0.0137. The van der Waals surface area contributed by atoms with Crippen molar-refractivity contribution in [1.29, 1.82) is 0 Å². The fourth-order valence-corrected chi connectivity index (χ4v) is 2.06. The zero-order valence-corrected chi connectivity index (χ0v) is 14.6. The topological polar surface area (TPSA) is 89.5 Å². The molecule has 0 aromatic heterocycles. The monoisotopic (exact) mass is 368 g/mol. The number of rotatable bonds is 0. The van der Waals surface area contributed by atoms with Crippen molar-refractivity contribution in [1.82, 2.24) is 0 Å². The Kier molecular flexibility index (Phi) is 9.66. The SMILES string of the molecule is O=C1OCCOCCOCCOCCOCCOC(=O)c2ccc1cc2.